The first-order chi connectivity index (χ1) is 7.77. The van der Waals surface area contributed by atoms with Crippen LogP contribution < -0.4 is 5.32 Å². The monoisotopic (exact) mass is 215 g/mol. The molecule has 1 aromatic carbocycles. The molecular formula is C13H17N3. The third-order valence-corrected chi connectivity index (χ3v) is 2.80. The maximum atomic E-state index is 4.28. The smallest absolute Gasteiger partial charge is 0.0952 e. The Balaban J connectivity index is 1.87. The van der Waals surface area contributed by atoms with Crippen molar-refractivity contribution in [3.63, 3.8) is 0 Å². The summed E-state index contributed by atoms with van der Waals surface area (Å²) in [5.41, 5.74) is 3.52. The Morgan fingerprint density at radius 1 is 1.19 bits per heavy atom. The van der Waals surface area contributed by atoms with Crippen molar-refractivity contribution in [3.05, 3.63) is 48.0 Å². The van der Waals surface area contributed by atoms with E-state index >= 15 is 0 Å². The molecule has 0 aliphatic heterocycles. The fraction of sp³-hybridized carbons (Fsp3) is 0.308. The summed E-state index contributed by atoms with van der Waals surface area (Å²) in [7, 11) is 0. The largest absolute Gasteiger partial charge is 0.383 e. The summed E-state index contributed by atoms with van der Waals surface area (Å²) in [5, 5.41) is 3.38. The van der Waals surface area contributed by atoms with Crippen LogP contribution in [0.5, 0.6) is 0 Å². The maximum Gasteiger partial charge on any atom is 0.0952 e. The van der Waals surface area contributed by atoms with Crippen LogP contribution in [0.25, 0.3) is 0 Å². The highest BCUT2D eigenvalue weighted by Gasteiger charge is 2.00. The van der Waals surface area contributed by atoms with Gasteiger partial charge < -0.3 is 9.88 Å². The van der Waals surface area contributed by atoms with Crippen molar-refractivity contribution >= 4 is 5.69 Å². The van der Waals surface area contributed by atoms with Gasteiger partial charge in [0, 0.05) is 24.5 Å². The predicted octanol–water partition coefficient (Wildman–Crippen LogP) is 2.61. The van der Waals surface area contributed by atoms with E-state index in [-0.39, 0.29) is 0 Å². The second-order valence-electron chi connectivity index (χ2n) is 3.90. The SMILES string of the molecule is Cc1ncn(CCNc2ccccc2)c1C. The van der Waals surface area contributed by atoms with E-state index in [1.165, 1.54) is 5.69 Å². The molecule has 16 heavy (non-hydrogen) atoms. The van der Waals surface area contributed by atoms with E-state index in [1.54, 1.807) is 0 Å². The zero-order valence-electron chi connectivity index (χ0n) is 9.77. The number of nitrogens with one attached hydrogen (secondary N) is 1. The van der Waals surface area contributed by atoms with Crippen molar-refractivity contribution in [1.29, 1.82) is 0 Å². The lowest BCUT2D eigenvalue weighted by molar-refractivity contribution is 0.705. The summed E-state index contributed by atoms with van der Waals surface area (Å²) < 4.78 is 2.17. The molecule has 1 N–H and O–H groups in total. The number of imidazole rings is 1. The van der Waals surface area contributed by atoms with Crippen molar-refractivity contribution < 1.29 is 0 Å². The highest BCUT2D eigenvalue weighted by molar-refractivity contribution is 5.42. The van der Waals surface area contributed by atoms with E-state index < -0.39 is 0 Å². The quantitative estimate of drug-likeness (QED) is 0.849. The van der Waals surface area contributed by atoms with Gasteiger partial charge in [0.2, 0.25) is 0 Å². The summed E-state index contributed by atoms with van der Waals surface area (Å²) in [6.45, 7) is 6.00. The molecule has 0 radical (unpaired) electrons. The fourth-order valence-electron chi connectivity index (χ4n) is 1.65. The Kier molecular flexibility index (Phi) is 3.25. The lowest BCUT2D eigenvalue weighted by atomic mass is 10.3. The van der Waals surface area contributed by atoms with E-state index in [0.717, 1.165) is 24.5 Å². The Hall–Kier alpha value is -1.77. The van der Waals surface area contributed by atoms with E-state index in [4.69, 9.17) is 0 Å². The van der Waals surface area contributed by atoms with Crippen LogP contribution in [-0.4, -0.2) is 16.1 Å². The molecule has 0 aliphatic carbocycles. The topological polar surface area (TPSA) is 29.9 Å². The van der Waals surface area contributed by atoms with Crippen LogP contribution in [0.15, 0.2) is 36.7 Å². The zero-order chi connectivity index (χ0) is 11.4. The van der Waals surface area contributed by atoms with Crippen molar-refractivity contribution in [2.75, 3.05) is 11.9 Å². The van der Waals surface area contributed by atoms with E-state index in [0.29, 0.717) is 0 Å². The van der Waals surface area contributed by atoms with Gasteiger partial charge in [0.1, 0.15) is 0 Å². The number of hydrogen-bond donors (Lipinski definition) is 1. The summed E-state index contributed by atoms with van der Waals surface area (Å²) >= 11 is 0. The Morgan fingerprint density at radius 2 is 1.94 bits per heavy atom. The normalized spacial score (nSPS) is 10.4. The number of para-hydroxylation sites is 1. The van der Waals surface area contributed by atoms with Crippen molar-refractivity contribution in [2.24, 2.45) is 0 Å². The first kappa shape index (κ1) is 10.7. The molecule has 0 fully saturated rings. The first-order valence-corrected chi connectivity index (χ1v) is 5.54. The molecule has 3 nitrogen and oxygen atoms in total. The van der Waals surface area contributed by atoms with Gasteiger partial charge in [-0.25, -0.2) is 4.98 Å². The van der Waals surface area contributed by atoms with Crippen molar-refractivity contribution in [3.8, 4) is 0 Å². The summed E-state index contributed by atoms with van der Waals surface area (Å²) in [6, 6.07) is 10.2. The van der Waals surface area contributed by atoms with Gasteiger partial charge in [-0.3, -0.25) is 0 Å². The lowest BCUT2D eigenvalue weighted by Crippen LogP contribution is -2.10. The van der Waals surface area contributed by atoms with Gasteiger partial charge in [0.05, 0.1) is 12.0 Å². The molecule has 3 heteroatoms. The van der Waals surface area contributed by atoms with Gasteiger partial charge in [-0.1, -0.05) is 18.2 Å². The number of anilines is 1. The summed E-state index contributed by atoms with van der Waals surface area (Å²) in [6.07, 6.45) is 1.90. The molecule has 0 saturated carbocycles. The average Bonchev–Trinajstić information content (AvgIpc) is 2.62. The molecular weight excluding hydrogens is 198 g/mol. The Bertz CT molecular complexity index is 445. The molecule has 0 amide bonds. The molecule has 0 atom stereocenters. The van der Waals surface area contributed by atoms with Crippen LogP contribution >= 0.6 is 0 Å². The highest BCUT2D eigenvalue weighted by atomic mass is 15.1. The second kappa shape index (κ2) is 4.84. The average molecular weight is 215 g/mol. The standard InChI is InChI=1S/C13H17N3/c1-11-12(2)16(10-15-11)9-8-14-13-6-4-3-5-7-13/h3-7,10,14H,8-9H2,1-2H3. The molecule has 0 spiro atoms. The highest BCUT2D eigenvalue weighted by Crippen LogP contribution is 2.06. The lowest BCUT2D eigenvalue weighted by Gasteiger charge is -2.08. The number of rotatable bonds is 4. The predicted molar refractivity (Wildman–Crippen MR) is 66.6 cm³/mol. The van der Waals surface area contributed by atoms with Crippen LogP contribution in [0, 0.1) is 13.8 Å². The number of aromatic nitrogens is 2. The summed E-state index contributed by atoms with van der Waals surface area (Å²) in [4.78, 5) is 4.28. The van der Waals surface area contributed by atoms with Crippen molar-refractivity contribution in [1.82, 2.24) is 9.55 Å². The van der Waals surface area contributed by atoms with Crippen LogP contribution in [0.4, 0.5) is 5.69 Å². The maximum absolute atomic E-state index is 4.28. The molecule has 0 unspecified atom stereocenters. The molecule has 2 aromatic rings. The van der Waals surface area contributed by atoms with E-state index in [9.17, 15) is 0 Å². The zero-order valence-corrected chi connectivity index (χ0v) is 9.77. The third-order valence-electron chi connectivity index (χ3n) is 2.80. The minimum absolute atomic E-state index is 0.917. The van der Waals surface area contributed by atoms with Gasteiger partial charge in [0.25, 0.3) is 0 Å². The van der Waals surface area contributed by atoms with Crippen molar-refractivity contribution in [2.45, 2.75) is 20.4 Å². The fourth-order valence-corrected chi connectivity index (χ4v) is 1.65. The number of benzene rings is 1. The van der Waals surface area contributed by atoms with Gasteiger partial charge in [-0.05, 0) is 26.0 Å². The molecule has 1 aromatic heterocycles. The van der Waals surface area contributed by atoms with Gasteiger partial charge in [-0.2, -0.15) is 0 Å². The Labute approximate surface area is 96.1 Å². The van der Waals surface area contributed by atoms with Crippen LogP contribution in [-0.2, 0) is 6.54 Å². The summed E-state index contributed by atoms with van der Waals surface area (Å²) in [5.74, 6) is 0. The first-order valence-electron chi connectivity index (χ1n) is 5.54. The number of nitrogens with zero attached hydrogens (tertiary/aromatic N) is 2. The van der Waals surface area contributed by atoms with Gasteiger partial charge >= 0.3 is 0 Å². The molecule has 0 saturated heterocycles. The molecule has 2 rings (SSSR count). The van der Waals surface area contributed by atoms with Crippen LogP contribution in [0.1, 0.15) is 11.4 Å². The molecule has 84 valence electrons. The molecule has 0 bridgehead atoms. The molecule has 0 aliphatic rings. The Morgan fingerprint density at radius 3 is 2.56 bits per heavy atom. The van der Waals surface area contributed by atoms with Crippen LogP contribution in [0.2, 0.25) is 0 Å². The minimum atomic E-state index is 0.917. The number of hydrogen-bond acceptors (Lipinski definition) is 2. The van der Waals surface area contributed by atoms with Gasteiger partial charge in [0.15, 0.2) is 0 Å². The third kappa shape index (κ3) is 2.42. The minimum Gasteiger partial charge on any atom is -0.383 e. The van der Waals surface area contributed by atoms with Crippen LogP contribution in [0.3, 0.4) is 0 Å². The van der Waals surface area contributed by atoms with E-state index in [2.05, 4.69) is 33.9 Å². The van der Waals surface area contributed by atoms with E-state index in [1.807, 2.05) is 31.5 Å². The molecule has 1 heterocycles. The second-order valence-corrected chi connectivity index (χ2v) is 3.90. The van der Waals surface area contributed by atoms with Gasteiger partial charge in [-0.15, -0.1) is 0 Å². The number of aryl methyl sites for hydroxylation is 1.